The Morgan fingerprint density at radius 3 is 2.81 bits per heavy atom. The van der Waals surface area contributed by atoms with Crippen molar-refractivity contribution in [2.75, 3.05) is 5.73 Å². The lowest BCUT2D eigenvalue weighted by Crippen LogP contribution is -1.92. The smallest absolute Gasteiger partial charge is 0.204 e. The molecule has 0 aliphatic carbocycles. The number of hydrogen-bond donors (Lipinski definition) is 1. The zero-order valence-corrected chi connectivity index (χ0v) is 9.68. The standard InChI is InChI=1S/C10H7BrN4O/c11-8-3-2-7(16-8)10-14-13-9-4-1-6(12)5-15(9)10/h1-5H,12H2. The Morgan fingerprint density at radius 1 is 1.19 bits per heavy atom. The summed E-state index contributed by atoms with van der Waals surface area (Å²) in [6.07, 6.45) is 1.76. The molecule has 0 saturated heterocycles. The van der Waals surface area contributed by atoms with Gasteiger partial charge in [0.2, 0.25) is 5.82 Å². The molecule has 3 heterocycles. The van der Waals surface area contributed by atoms with Gasteiger partial charge in [0.25, 0.3) is 0 Å². The number of fused-ring (bicyclic) bond motifs is 1. The van der Waals surface area contributed by atoms with E-state index in [1.807, 2.05) is 18.2 Å². The van der Waals surface area contributed by atoms with E-state index in [0.29, 0.717) is 21.9 Å². The molecule has 3 aromatic heterocycles. The van der Waals surface area contributed by atoms with Crippen LogP contribution >= 0.6 is 15.9 Å². The molecule has 5 nitrogen and oxygen atoms in total. The van der Waals surface area contributed by atoms with Crippen LogP contribution in [0.1, 0.15) is 0 Å². The average molecular weight is 279 g/mol. The molecular weight excluding hydrogens is 272 g/mol. The SMILES string of the molecule is Nc1ccc2nnc(-c3ccc(Br)o3)n2c1. The topological polar surface area (TPSA) is 69.3 Å². The summed E-state index contributed by atoms with van der Waals surface area (Å²) in [6.45, 7) is 0. The first-order valence-electron chi connectivity index (χ1n) is 4.60. The number of pyridine rings is 1. The zero-order valence-electron chi connectivity index (χ0n) is 8.09. The molecular formula is C10H7BrN4O. The van der Waals surface area contributed by atoms with Crippen LogP contribution in [0.2, 0.25) is 0 Å². The molecule has 0 radical (unpaired) electrons. The third kappa shape index (κ3) is 1.38. The number of rotatable bonds is 1. The van der Waals surface area contributed by atoms with Gasteiger partial charge in [0.05, 0.1) is 0 Å². The number of nitrogens with two attached hydrogens (primary N) is 1. The second-order valence-corrected chi connectivity index (χ2v) is 4.10. The fraction of sp³-hybridized carbons (Fsp3) is 0. The number of halogens is 1. The van der Waals surface area contributed by atoms with Crippen LogP contribution in [-0.2, 0) is 0 Å². The summed E-state index contributed by atoms with van der Waals surface area (Å²) >= 11 is 3.25. The van der Waals surface area contributed by atoms with Crippen LogP contribution in [0.3, 0.4) is 0 Å². The molecule has 0 saturated carbocycles. The first-order chi connectivity index (χ1) is 7.74. The Kier molecular flexibility index (Phi) is 1.97. The second kappa shape index (κ2) is 3.34. The molecule has 3 rings (SSSR count). The van der Waals surface area contributed by atoms with Crippen molar-refractivity contribution in [1.82, 2.24) is 14.6 Å². The van der Waals surface area contributed by atoms with Gasteiger partial charge in [0.1, 0.15) is 0 Å². The van der Waals surface area contributed by atoms with Gasteiger partial charge in [-0.05, 0) is 40.2 Å². The second-order valence-electron chi connectivity index (χ2n) is 3.32. The fourth-order valence-electron chi connectivity index (χ4n) is 1.51. The fourth-order valence-corrected chi connectivity index (χ4v) is 1.82. The van der Waals surface area contributed by atoms with Crippen LogP contribution in [0, 0.1) is 0 Å². The molecule has 0 bridgehead atoms. The third-order valence-corrected chi connectivity index (χ3v) is 2.65. The van der Waals surface area contributed by atoms with E-state index >= 15 is 0 Å². The molecule has 16 heavy (non-hydrogen) atoms. The predicted octanol–water partition coefficient (Wildman–Crippen LogP) is 2.33. The van der Waals surface area contributed by atoms with Crippen LogP contribution in [0.25, 0.3) is 17.2 Å². The normalized spacial score (nSPS) is 11.1. The largest absolute Gasteiger partial charge is 0.446 e. The first kappa shape index (κ1) is 9.41. The highest BCUT2D eigenvalue weighted by molar-refractivity contribution is 9.10. The maximum Gasteiger partial charge on any atom is 0.204 e. The summed E-state index contributed by atoms with van der Waals surface area (Å²) in [7, 11) is 0. The molecule has 0 aliphatic rings. The van der Waals surface area contributed by atoms with Crippen LogP contribution in [0.15, 0.2) is 39.5 Å². The van der Waals surface area contributed by atoms with Crippen molar-refractivity contribution in [3.63, 3.8) is 0 Å². The van der Waals surface area contributed by atoms with Crippen molar-refractivity contribution in [1.29, 1.82) is 0 Å². The van der Waals surface area contributed by atoms with E-state index in [9.17, 15) is 0 Å². The maximum atomic E-state index is 5.72. The molecule has 0 aromatic carbocycles. The summed E-state index contributed by atoms with van der Waals surface area (Å²) < 4.78 is 7.88. The van der Waals surface area contributed by atoms with Gasteiger partial charge in [-0.1, -0.05) is 0 Å². The summed E-state index contributed by atoms with van der Waals surface area (Å²) in [5.41, 5.74) is 7.10. The number of aromatic nitrogens is 3. The lowest BCUT2D eigenvalue weighted by molar-refractivity contribution is 0.550. The molecule has 3 aromatic rings. The monoisotopic (exact) mass is 278 g/mol. The summed E-state index contributed by atoms with van der Waals surface area (Å²) in [6, 6.07) is 7.22. The Hall–Kier alpha value is -1.82. The molecule has 0 spiro atoms. The molecule has 0 unspecified atom stereocenters. The van der Waals surface area contributed by atoms with E-state index in [2.05, 4.69) is 26.1 Å². The van der Waals surface area contributed by atoms with Crippen molar-refractivity contribution in [2.45, 2.75) is 0 Å². The van der Waals surface area contributed by atoms with Crippen molar-refractivity contribution < 1.29 is 4.42 Å². The Balaban J connectivity index is 2.27. The number of hydrogen-bond acceptors (Lipinski definition) is 4. The minimum absolute atomic E-state index is 0.632. The lowest BCUT2D eigenvalue weighted by Gasteiger charge is -1.97. The minimum atomic E-state index is 0.632. The summed E-state index contributed by atoms with van der Waals surface area (Å²) in [5.74, 6) is 1.28. The average Bonchev–Trinajstić information content (AvgIpc) is 2.83. The maximum absolute atomic E-state index is 5.72. The van der Waals surface area contributed by atoms with E-state index in [0.717, 1.165) is 5.65 Å². The van der Waals surface area contributed by atoms with Gasteiger partial charge in [-0.15, -0.1) is 10.2 Å². The quantitative estimate of drug-likeness (QED) is 0.742. The predicted molar refractivity (Wildman–Crippen MR) is 62.8 cm³/mol. The minimum Gasteiger partial charge on any atom is -0.446 e. The van der Waals surface area contributed by atoms with Crippen molar-refractivity contribution in [2.24, 2.45) is 0 Å². The summed E-state index contributed by atoms with van der Waals surface area (Å²) in [4.78, 5) is 0. The number of nitrogen functional groups attached to an aromatic ring is 1. The van der Waals surface area contributed by atoms with Gasteiger partial charge < -0.3 is 10.2 Å². The van der Waals surface area contributed by atoms with Gasteiger partial charge in [0.15, 0.2) is 16.1 Å². The van der Waals surface area contributed by atoms with Crippen molar-refractivity contribution in [3.05, 3.63) is 35.1 Å². The van der Waals surface area contributed by atoms with Crippen LogP contribution < -0.4 is 5.73 Å². The van der Waals surface area contributed by atoms with Gasteiger partial charge in [-0.2, -0.15) is 0 Å². The van der Waals surface area contributed by atoms with Gasteiger partial charge in [-0.25, -0.2) is 0 Å². The summed E-state index contributed by atoms with van der Waals surface area (Å²) in [5, 5.41) is 8.09. The van der Waals surface area contributed by atoms with E-state index in [-0.39, 0.29) is 0 Å². The van der Waals surface area contributed by atoms with E-state index in [1.54, 1.807) is 16.7 Å². The van der Waals surface area contributed by atoms with Crippen LogP contribution in [-0.4, -0.2) is 14.6 Å². The van der Waals surface area contributed by atoms with Gasteiger partial charge >= 0.3 is 0 Å². The van der Waals surface area contributed by atoms with Gasteiger partial charge in [0, 0.05) is 11.9 Å². The van der Waals surface area contributed by atoms with E-state index in [4.69, 9.17) is 10.2 Å². The van der Waals surface area contributed by atoms with Crippen LogP contribution in [0.4, 0.5) is 5.69 Å². The molecule has 0 aliphatic heterocycles. The van der Waals surface area contributed by atoms with Gasteiger partial charge in [-0.3, -0.25) is 4.40 Å². The van der Waals surface area contributed by atoms with Crippen LogP contribution in [0.5, 0.6) is 0 Å². The Bertz CT molecular complexity index is 658. The highest BCUT2D eigenvalue weighted by Crippen LogP contribution is 2.24. The lowest BCUT2D eigenvalue weighted by atomic mass is 10.4. The highest BCUT2D eigenvalue weighted by Gasteiger charge is 2.11. The molecule has 0 atom stereocenters. The number of nitrogens with zero attached hydrogens (tertiary/aromatic N) is 3. The first-order valence-corrected chi connectivity index (χ1v) is 5.39. The highest BCUT2D eigenvalue weighted by atomic mass is 79.9. The van der Waals surface area contributed by atoms with E-state index < -0.39 is 0 Å². The third-order valence-electron chi connectivity index (χ3n) is 2.22. The molecule has 6 heteroatoms. The van der Waals surface area contributed by atoms with E-state index in [1.165, 1.54) is 0 Å². The number of anilines is 1. The Labute approximate surface area is 99.0 Å². The molecule has 80 valence electrons. The zero-order chi connectivity index (χ0) is 11.1. The number of furan rings is 1. The van der Waals surface area contributed by atoms with Crippen molar-refractivity contribution in [3.8, 4) is 11.6 Å². The Morgan fingerprint density at radius 2 is 2.06 bits per heavy atom. The van der Waals surface area contributed by atoms with Crippen molar-refractivity contribution >= 4 is 27.3 Å². The molecule has 0 fully saturated rings. The molecule has 2 N–H and O–H groups in total. The molecule has 0 amide bonds.